The van der Waals surface area contributed by atoms with E-state index in [2.05, 4.69) is 6.58 Å². The van der Waals surface area contributed by atoms with Crippen LogP contribution in [0.25, 0.3) is 5.76 Å². The van der Waals surface area contributed by atoms with Crippen LogP contribution in [0.2, 0.25) is 0 Å². The van der Waals surface area contributed by atoms with Gasteiger partial charge in [-0.15, -0.1) is 0 Å². The Hall–Kier alpha value is -2.07. The molecule has 3 N–H and O–H groups in total. The average molecular weight is 203 g/mol. The molecule has 4 nitrogen and oxygen atoms in total. The predicted octanol–water partition coefficient (Wildman–Crippen LogP) is 1.64. The van der Waals surface area contributed by atoms with Crippen molar-refractivity contribution >= 4 is 11.5 Å². The van der Waals surface area contributed by atoms with Gasteiger partial charge in [0, 0.05) is 11.1 Å². The Balaban J connectivity index is 2.60. The number of aliphatic hydroxyl groups is 1. The van der Waals surface area contributed by atoms with Crippen molar-refractivity contribution in [2.45, 2.75) is 0 Å². The fourth-order valence-corrected chi connectivity index (χ4v) is 1.60. The second-order valence-electron chi connectivity index (χ2n) is 3.19. The van der Waals surface area contributed by atoms with Crippen molar-refractivity contribution in [3.63, 3.8) is 0 Å². The van der Waals surface area contributed by atoms with E-state index in [1.807, 2.05) is 0 Å². The third kappa shape index (κ3) is 1.23. The van der Waals surface area contributed by atoms with E-state index in [0.717, 1.165) is 0 Å². The normalized spacial score (nSPS) is 14.1. The number of fused-ring (bicyclic) bond motifs is 1. The Morgan fingerprint density at radius 1 is 1.27 bits per heavy atom. The van der Waals surface area contributed by atoms with Gasteiger partial charge < -0.3 is 5.11 Å². The molecule has 1 aliphatic rings. The molecule has 0 radical (unpaired) electrons. The topological polar surface area (TPSA) is 69.6 Å². The number of hydroxylamine groups is 1. The molecule has 0 fully saturated rings. The second kappa shape index (κ2) is 3.25. The third-order valence-corrected chi connectivity index (χ3v) is 2.33. The molecule has 1 aromatic carbocycles. The van der Waals surface area contributed by atoms with Crippen molar-refractivity contribution in [1.82, 2.24) is 5.48 Å². The monoisotopic (exact) mass is 203 g/mol. The number of allylic oxidation sites excluding steroid dienone is 1. The van der Waals surface area contributed by atoms with Gasteiger partial charge in [0.15, 0.2) is 5.78 Å². The van der Waals surface area contributed by atoms with Crippen LogP contribution in [0.15, 0.2) is 42.1 Å². The summed E-state index contributed by atoms with van der Waals surface area (Å²) in [6.45, 7) is 3.44. The van der Waals surface area contributed by atoms with E-state index in [9.17, 15) is 9.90 Å². The minimum Gasteiger partial charge on any atom is -0.506 e. The van der Waals surface area contributed by atoms with Crippen molar-refractivity contribution < 1.29 is 15.1 Å². The summed E-state index contributed by atoms with van der Waals surface area (Å²) in [4.78, 5) is 11.8. The van der Waals surface area contributed by atoms with Gasteiger partial charge in [0.1, 0.15) is 5.76 Å². The van der Waals surface area contributed by atoms with Crippen molar-refractivity contribution in [2.24, 2.45) is 0 Å². The second-order valence-corrected chi connectivity index (χ2v) is 3.19. The van der Waals surface area contributed by atoms with E-state index in [1.54, 1.807) is 29.7 Å². The molecule has 0 saturated heterocycles. The molecule has 0 amide bonds. The first-order valence-electron chi connectivity index (χ1n) is 4.33. The van der Waals surface area contributed by atoms with Crippen LogP contribution in [0.3, 0.4) is 0 Å². The Morgan fingerprint density at radius 2 is 1.87 bits per heavy atom. The molecular formula is C11H9NO3. The van der Waals surface area contributed by atoms with Crippen molar-refractivity contribution in [3.8, 4) is 0 Å². The SMILES string of the molecule is C=C(NO)C1=C(O)c2ccccc2C1=O. The number of nitrogens with one attached hydrogen (secondary N) is 1. The maximum atomic E-state index is 11.8. The van der Waals surface area contributed by atoms with E-state index in [0.29, 0.717) is 11.1 Å². The summed E-state index contributed by atoms with van der Waals surface area (Å²) >= 11 is 0. The minimum absolute atomic E-state index is 0.00583. The molecule has 0 aromatic heterocycles. The van der Waals surface area contributed by atoms with Gasteiger partial charge >= 0.3 is 0 Å². The Morgan fingerprint density at radius 3 is 2.40 bits per heavy atom. The summed E-state index contributed by atoms with van der Waals surface area (Å²) in [7, 11) is 0. The number of carbonyl (C=O) groups excluding carboxylic acids is 1. The molecule has 0 bridgehead atoms. The molecule has 1 aromatic rings. The number of ketones is 1. The highest BCUT2D eigenvalue weighted by Crippen LogP contribution is 2.32. The number of aliphatic hydroxyl groups excluding tert-OH is 1. The molecule has 0 atom stereocenters. The molecule has 0 aliphatic heterocycles. The van der Waals surface area contributed by atoms with E-state index < -0.39 is 0 Å². The van der Waals surface area contributed by atoms with Gasteiger partial charge in [-0.3, -0.25) is 15.5 Å². The number of rotatable bonds is 2. The lowest BCUT2D eigenvalue weighted by atomic mass is 10.1. The number of hydrogen-bond acceptors (Lipinski definition) is 4. The van der Waals surface area contributed by atoms with Gasteiger partial charge in [0.05, 0.1) is 11.3 Å². The zero-order valence-corrected chi connectivity index (χ0v) is 7.82. The number of benzene rings is 1. The van der Waals surface area contributed by atoms with Crippen LogP contribution in [0, 0.1) is 0 Å². The lowest BCUT2D eigenvalue weighted by Crippen LogP contribution is -2.12. The molecule has 0 saturated carbocycles. The van der Waals surface area contributed by atoms with Gasteiger partial charge in [-0.25, -0.2) is 0 Å². The highest BCUT2D eigenvalue weighted by molar-refractivity contribution is 6.21. The molecule has 2 rings (SSSR count). The van der Waals surface area contributed by atoms with Gasteiger partial charge in [-0.05, 0) is 0 Å². The number of hydrogen-bond donors (Lipinski definition) is 3. The lowest BCUT2D eigenvalue weighted by molar-refractivity contribution is 0.103. The van der Waals surface area contributed by atoms with Gasteiger partial charge in [-0.2, -0.15) is 0 Å². The van der Waals surface area contributed by atoms with E-state index >= 15 is 0 Å². The first-order valence-corrected chi connectivity index (χ1v) is 4.33. The highest BCUT2D eigenvalue weighted by Gasteiger charge is 2.30. The zero-order chi connectivity index (χ0) is 11.0. The van der Waals surface area contributed by atoms with Crippen LogP contribution >= 0.6 is 0 Å². The summed E-state index contributed by atoms with van der Waals surface area (Å²) in [6, 6.07) is 6.69. The van der Waals surface area contributed by atoms with Crippen molar-refractivity contribution in [3.05, 3.63) is 53.2 Å². The van der Waals surface area contributed by atoms with Crippen LogP contribution in [-0.4, -0.2) is 16.1 Å². The van der Waals surface area contributed by atoms with Crippen LogP contribution in [-0.2, 0) is 0 Å². The molecule has 0 heterocycles. The summed E-state index contributed by atoms with van der Waals surface area (Å²) < 4.78 is 0. The number of Topliss-reactive ketones (excluding diaryl/α,β-unsaturated/α-hetero) is 1. The third-order valence-electron chi connectivity index (χ3n) is 2.33. The summed E-state index contributed by atoms with van der Waals surface area (Å²) in [5, 5.41) is 18.4. The maximum absolute atomic E-state index is 11.8. The smallest absolute Gasteiger partial charge is 0.199 e. The molecule has 0 unspecified atom stereocenters. The quantitative estimate of drug-likeness (QED) is 0.639. The van der Waals surface area contributed by atoms with E-state index in [4.69, 9.17) is 5.21 Å². The first-order chi connectivity index (χ1) is 7.16. The lowest BCUT2D eigenvalue weighted by Gasteiger charge is -2.02. The van der Waals surface area contributed by atoms with E-state index in [1.165, 1.54) is 0 Å². The highest BCUT2D eigenvalue weighted by atomic mass is 16.5. The summed E-state index contributed by atoms with van der Waals surface area (Å²) in [6.07, 6.45) is 0. The molecule has 4 heteroatoms. The Kier molecular flexibility index (Phi) is 2.06. The summed E-state index contributed by atoms with van der Waals surface area (Å²) in [5.74, 6) is -0.489. The van der Waals surface area contributed by atoms with Gasteiger partial charge in [-0.1, -0.05) is 30.8 Å². The number of carbonyl (C=O) groups is 1. The molecule has 15 heavy (non-hydrogen) atoms. The van der Waals surface area contributed by atoms with Crippen molar-refractivity contribution in [2.75, 3.05) is 0 Å². The predicted molar refractivity (Wildman–Crippen MR) is 54.4 cm³/mol. The average Bonchev–Trinajstić information content (AvgIpc) is 2.52. The van der Waals surface area contributed by atoms with E-state index in [-0.39, 0.29) is 22.8 Å². The fraction of sp³-hybridized carbons (Fsp3) is 0. The zero-order valence-electron chi connectivity index (χ0n) is 7.82. The molecule has 1 aliphatic carbocycles. The largest absolute Gasteiger partial charge is 0.506 e. The van der Waals surface area contributed by atoms with Gasteiger partial charge in [0.25, 0.3) is 0 Å². The summed E-state index contributed by atoms with van der Waals surface area (Å²) in [5.41, 5.74) is 2.66. The first kappa shape index (κ1) is 9.48. The van der Waals surface area contributed by atoms with Crippen LogP contribution < -0.4 is 5.48 Å². The van der Waals surface area contributed by atoms with Gasteiger partial charge in [0.2, 0.25) is 0 Å². The molecule has 76 valence electrons. The Labute approximate surface area is 86.1 Å². The molecule has 0 spiro atoms. The minimum atomic E-state index is -0.338. The van der Waals surface area contributed by atoms with Crippen LogP contribution in [0.5, 0.6) is 0 Å². The maximum Gasteiger partial charge on any atom is 0.199 e. The standard InChI is InChI=1S/C11H9NO3/c1-6(12-15)9-10(13)7-4-2-3-5-8(7)11(9)14/h2-5,12-13,15H,1H2. The Bertz CT molecular complexity index is 488. The molecular weight excluding hydrogens is 194 g/mol. The van der Waals surface area contributed by atoms with Crippen LogP contribution in [0.4, 0.5) is 0 Å². The van der Waals surface area contributed by atoms with Crippen molar-refractivity contribution in [1.29, 1.82) is 0 Å². The van der Waals surface area contributed by atoms with Crippen LogP contribution in [0.1, 0.15) is 15.9 Å². The fourth-order valence-electron chi connectivity index (χ4n) is 1.60.